The number of rotatable bonds is 12. The van der Waals surface area contributed by atoms with Gasteiger partial charge in [0.15, 0.2) is 23.0 Å². The van der Waals surface area contributed by atoms with Crippen molar-refractivity contribution in [1.29, 1.82) is 5.26 Å². The Bertz CT molecular complexity index is 1580. The summed E-state index contributed by atoms with van der Waals surface area (Å²) in [7, 11) is 9.03. The lowest BCUT2D eigenvalue weighted by atomic mass is 9.86. The monoisotopic (exact) mass is 602 g/mol. The van der Waals surface area contributed by atoms with E-state index in [-0.39, 0.29) is 29.6 Å². The number of carbonyl (C=O) groups is 1. The summed E-state index contributed by atoms with van der Waals surface area (Å²) in [4.78, 5) is 13.5. The molecule has 1 aliphatic rings. The zero-order chi connectivity index (χ0) is 31.8. The Hall–Kier alpha value is -5.70. The molecule has 0 aliphatic carbocycles. The lowest BCUT2D eigenvalue weighted by molar-refractivity contribution is 0.0958. The van der Waals surface area contributed by atoms with Crippen molar-refractivity contribution >= 4 is 5.91 Å². The van der Waals surface area contributed by atoms with Crippen LogP contribution in [0.5, 0.6) is 34.5 Å². The van der Waals surface area contributed by atoms with E-state index in [1.807, 2.05) is 0 Å². The molecule has 0 spiro atoms. The number of amides is 1. The maximum atomic E-state index is 13.5. The predicted molar refractivity (Wildman–Crippen MR) is 161 cm³/mol. The van der Waals surface area contributed by atoms with Gasteiger partial charge in [-0.1, -0.05) is 18.2 Å². The first-order chi connectivity index (χ1) is 21.3. The molecule has 4 N–H and O–H groups in total. The third kappa shape index (κ3) is 6.22. The first-order valence-corrected chi connectivity index (χ1v) is 13.3. The molecule has 0 aromatic heterocycles. The molecule has 230 valence electrons. The number of carbonyl (C=O) groups excluding carboxylic acids is 1. The van der Waals surface area contributed by atoms with Gasteiger partial charge < -0.3 is 49.5 Å². The van der Waals surface area contributed by atoms with Gasteiger partial charge in [-0.25, -0.2) is 0 Å². The van der Waals surface area contributed by atoms with Crippen molar-refractivity contribution in [2.75, 3.05) is 42.7 Å². The molecule has 12 heteroatoms. The number of hydrogen-bond donors (Lipinski definition) is 3. The van der Waals surface area contributed by atoms with Gasteiger partial charge in [0, 0.05) is 12.1 Å². The highest BCUT2D eigenvalue weighted by Gasteiger charge is 2.36. The maximum absolute atomic E-state index is 13.5. The molecule has 12 nitrogen and oxygen atoms in total. The highest BCUT2D eigenvalue weighted by atomic mass is 16.5. The van der Waals surface area contributed by atoms with Gasteiger partial charge in [-0.2, -0.15) is 5.26 Å². The summed E-state index contributed by atoms with van der Waals surface area (Å²) >= 11 is 0. The van der Waals surface area contributed by atoms with Crippen LogP contribution in [0, 0.1) is 11.3 Å². The number of nitrogens with zero attached hydrogens (tertiary/aromatic N) is 1. The molecule has 3 aromatic rings. The molecule has 1 atom stereocenters. The Balaban J connectivity index is 1.86. The Morgan fingerprint density at radius 2 is 1.36 bits per heavy atom. The molecular weight excluding hydrogens is 568 g/mol. The van der Waals surface area contributed by atoms with E-state index in [4.69, 9.17) is 38.9 Å². The lowest BCUT2D eigenvalue weighted by Crippen LogP contribution is -2.36. The van der Waals surface area contributed by atoms with E-state index in [9.17, 15) is 10.1 Å². The van der Waals surface area contributed by atoms with E-state index in [0.29, 0.717) is 45.6 Å². The Kier molecular flexibility index (Phi) is 9.92. The number of nitrogens with one attached hydrogen (secondary N) is 2. The van der Waals surface area contributed by atoms with Crippen LogP contribution in [0.2, 0.25) is 0 Å². The van der Waals surface area contributed by atoms with Crippen LogP contribution in [0.4, 0.5) is 0 Å². The molecule has 44 heavy (non-hydrogen) atoms. The van der Waals surface area contributed by atoms with Crippen LogP contribution in [0.25, 0.3) is 0 Å². The summed E-state index contributed by atoms with van der Waals surface area (Å²) in [5.41, 5.74) is 8.28. The van der Waals surface area contributed by atoms with Crippen molar-refractivity contribution in [3.8, 4) is 40.6 Å². The van der Waals surface area contributed by atoms with Gasteiger partial charge in [0.05, 0.1) is 54.3 Å². The van der Waals surface area contributed by atoms with Gasteiger partial charge >= 0.3 is 0 Å². The van der Waals surface area contributed by atoms with Crippen LogP contribution in [-0.2, 0) is 11.3 Å². The molecule has 4 rings (SSSR count). The average Bonchev–Trinajstić information content (AvgIpc) is 3.06. The van der Waals surface area contributed by atoms with Gasteiger partial charge in [-0.3, -0.25) is 4.79 Å². The fraction of sp³-hybridized carbons (Fsp3) is 0.250. The molecule has 1 aliphatic heterocycles. The van der Waals surface area contributed by atoms with E-state index in [2.05, 4.69) is 16.7 Å². The largest absolute Gasteiger partial charge is 0.493 e. The standard InChI is InChI=1S/C32H34N4O8/c1-38-22-12-18(13-23(39-2)28(22)42-5)17-35-32-27(36-31(37)19-10-8-7-9-11-19)26(21(16-33)30(34)44-32)20-14-24(40-3)29(43-6)25(15-20)41-4/h7-15,26,35H,17,34H2,1-6H3,(H,36,37). The number of benzene rings is 3. The smallest absolute Gasteiger partial charge is 0.255 e. The molecule has 1 heterocycles. The first-order valence-electron chi connectivity index (χ1n) is 13.3. The molecule has 0 saturated heterocycles. The second-order valence-corrected chi connectivity index (χ2v) is 9.33. The summed E-state index contributed by atoms with van der Waals surface area (Å²) in [5, 5.41) is 16.4. The SMILES string of the molecule is COc1cc(CNC2=C(NC(=O)c3ccccc3)C(c3cc(OC)c(OC)c(OC)c3)C(C#N)=C(N)O2)cc(OC)c1OC. The molecule has 1 amide bonds. The number of nitriles is 1. The van der Waals surface area contributed by atoms with Crippen molar-refractivity contribution in [1.82, 2.24) is 10.6 Å². The van der Waals surface area contributed by atoms with Crippen molar-refractivity contribution in [2.24, 2.45) is 5.73 Å². The van der Waals surface area contributed by atoms with Crippen LogP contribution < -0.4 is 44.8 Å². The maximum Gasteiger partial charge on any atom is 0.255 e. The van der Waals surface area contributed by atoms with Gasteiger partial charge in [0.1, 0.15) is 11.6 Å². The summed E-state index contributed by atoms with van der Waals surface area (Å²) in [5.74, 6) is 1.09. The van der Waals surface area contributed by atoms with Crippen molar-refractivity contribution in [3.05, 3.63) is 94.3 Å². The van der Waals surface area contributed by atoms with Crippen LogP contribution in [-0.4, -0.2) is 48.6 Å². The predicted octanol–water partition coefficient (Wildman–Crippen LogP) is 3.93. The van der Waals surface area contributed by atoms with Crippen LogP contribution in [0.3, 0.4) is 0 Å². The molecule has 0 radical (unpaired) electrons. The highest BCUT2D eigenvalue weighted by Crippen LogP contribution is 2.45. The molecular formula is C32H34N4O8. The third-order valence-corrected chi connectivity index (χ3v) is 6.90. The lowest BCUT2D eigenvalue weighted by Gasteiger charge is -2.30. The van der Waals surface area contributed by atoms with Crippen LogP contribution >= 0.6 is 0 Å². The van der Waals surface area contributed by atoms with E-state index in [1.54, 1.807) is 54.6 Å². The molecule has 0 fully saturated rings. The quantitative estimate of drug-likeness (QED) is 0.276. The minimum absolute atomic E-state index is 0.0703. The minimum Gasteiger partial charge on any atom is -0.493 e. The molecule has 3 aromatic carbocycles. The second-order valence-electron chi connectivity index (χ2n) is 9.33. The van der Waals surface area contributed by atoms with E-state index in [1.165, 1.54) is 42.7 Å². The average molecular weight is 603 g/mol. The second kappa shape index (κ2) is 14.0. The van der Waals surface area contributed by atoms with Gasteiger partial charge in [-0.15, -0.1) is 0 Å². The van der Waals surface area contributed by atoms with Gasteiger partial charge in [0.25, 0.3) is 5.91 Å². The van der Waals surface area contributed by atoms with E-state index < -0.39 is 11.8 Å². The van der Waals surface area contributed by atoms with E-state index in [0.717, 1.165) is 5.56 Å². The summed E-state index contributed by atoms with van der Waals surface area (Å²) < 4.78 is 39.0. The summed E-state index contributed by atoms with van der Waals surface area (Å²) in [6.07, 6.45) is 0. The van der Waals surface area contributed by atoms with Gasteiger partial charge in [-0.05, 0) is 47.5 Å². The fourth-order valence-electron chi connectivity index (χ4n) is 4.82. The zero-order valence-corrected chi connectivity index (χ0v) is 25.3. The highest BCUT2D eigenvalue weighted by molar-refractivity contribution is 5.95. The molecule has 1 unspecified atom stereocenters. The number of hydrogen-bond acceptors (Lipinski definition) is 11. The number of methoxy groups -OCH3 is 6. The normalized spacial score (nSPS) is 14.2. The topological polar surface area (TPSA) is 156 Å². The van der Waals surface area contributed by atoms with Crippen LogP contribution in [0.15, 0.2) is 77.6 Å². The Labute approximate surface area is 255 Å². The fourth-order valence-corrected chi connectivity index (χ4v) is 4.82. The summed E-state index contributed by atoms with van der Waals surface area (Å²) in [6, 6.07) is 17.7. The Morgan fingerprint density at radius 1 is 0.841 bits per heavy atom. The third-order valence-electron chi connectivity index (χ3n) is 6.90. The van der Waals surface area contributed by atoms with Crippen molar-refractivity contribution in [3.63, 3.8) is 0 Å². The number of ether oxygens (including phenoxy) is 7. The van der Waals surface area contributed by atoms with Crippen molar-refractivity contribution < 1.29 is 38.0 Å². The minimum atomic E-state index is -0.891. The molecule has 0 saturated carbocycles. The van der Waals surface area contributed by atoms with Gasteiger partial charge in [0.2, 0.25) is 23.3 Å². The first kappa shape index (κ1) is 31.2. The van der Waals surface area contributed by atoms with Crippen molar-refractivity contribution in [2.45, 2.75) is 12.5 Å². The Morgan fingerprint density at radius 3 is 1.84 bits per heavy atom. The van der Waals surface area contributed by atoms with E-state index >= 15 is 0 Å². The number of allylic oxidation sites excluding steroid dienone is 1. The number of nitrogens with two attached hydrogens (primary N) is 1. The summed E-state index contributed by atoms with van der Waals surface area (Å²) in [6.45, 7) is 0.188. The zero-order valence-electron chi connectivity index (χ0n) is 25.3. The molecule has 0 bridgehead atoms. The van der Waals surface area contributed by atoms with Crippen LogP contribution in [0.1, 0.15) is 27.4 Å².